The summed E-state index contributed by atoms with van der Waals surface area (Å²) in [6.45, 7) is 3.00. The van der Waals surface area contributed by atoms with Crippen molar-refractivity contribution in [2.45, 2.75) is 20.1 Å². The highest BCUT2D eigenvalue weighted by Crippen LogP contribution is 2.15. The standard InChI is InChI=1S/C13H17N3O/c1-10-7-13(16(2)15-10)17-9-12-6-4-3-5-11(12)8-14/h3-7H,8-9,14H2,1-2H3. The summed E-state index contributed by atoms with van der Waals surface area (Å²) in [7, 11) is 1.87. The Bertz CT molecular complexity index is 505. The number of hydrogen-bond donors (Lipinski definition) is 1. The lowest BCUT2D eigenvalue weighted by atomic mass is 10.1. The summed E-state index contributed by atoms with van der Waals surface area (Å²) >= 11 is 0. The van der Waals surface area contributed by atoms with Gasteiger partial charge >= 0.3 is 0 Å². The minimum Gasteiger partial charge on any atom is -0.473 e. The van der Waals surface area contributed by atoms with Crippen LogP contribution in [0.2, 0.25) is 0 Å². The molecule has 17 heavy (non-hydrogen) atoms. The van der Waals surface area contributed by atoms with Crippen LogP contribution in [-0.4, -0.2) is 9.78 Å². The Kier molecular flexibility index (Phi) is 3.44. The van der Waals surface area contributed by atoms with E-state index in [4.69, 9.17) is 10.5 Å². The highest BCUT2D eigenvalue weighted by atomic mass is 16.5. The third-order valence-corrected chi connectivity index (χ3v) is 2.67. The Morgan fingerprint density at radius 3 is 2.59 bits per heavy atom. The lowest BCUT2D eigenvalue weighted by Gasteiger charge is -2.09. The third-order valence-electron chi connectivity index (χ3n) is 2.67. The van der Waals surface area contributed by atoms with E-state index < -0.39 is 0 Å². The summed E-state index contributed by atoms with van der Waals surface area (Å²) in [5, 5.41) is 4.23. The van der Waals surface area contributed by atoms with E-state index in [2.05, 4.69) is 5.10 Å². The Hall–Kier alpha value is -1.81. The molecule has 1 heterocycles. The van der Waals surface area contributed by atoms with Crippen LogP contribution in [-0.2, 0) is 20.2 Å². The van der Waals surface area contributed by atoms with Crippen LogP contribution in [0.15, 0.2) is 30.3 Å². The fourth-order valence-corrected chi connectivity index (χ4v) is 1.77. The van der Waals surface area contributed by atoms with Crippen molar-refractivity contribution in [2.75, 3.05) is 0 Å². The van der Waals surface area contributed by atoms with Crippen LogP contribution in [0.4, 0.5) is 0 Å². The maximum atomic E-state index is 5.73. The molecule has 0 atom stereocenters. The van der Waals surface area contributed by atoms with E-state index in [0.717, 1.165) is 22.7 Å². The molecule has 0 fully saturated rings. The fraction of sp³-hybridized carbons (Fsp3) is 0.308. The second kappa shape index (κ2) is 5.01. The quantitative estimate of drug-likeness (QED) is 0.872. The molecule has 0 bridgehead atoms. The molecule has 1 aromatic heterocycles. The highest BCUT2D eigenvalue weighted by Gasteiger charge is 2.05. The zero-order valence-electron chi connectivity index (χ0n) is 10.2. The molecule has 0 radical (unpaired) electrons. The Morgan fingerprint density at radius 2 is 2.00 bits per heavy atom. The second-order valence-corrected chi connectivity index (χ2v) is 4.01. The zero-order valence-corrected chi connectivity index (χ0v) is 10.2. The monoisotopic (exact) mass is 231 g/mol. The van der Waals surface area contributed by atoms with Crippen molar-refractivity contribution >= 4 is 0 Å². The zero-order chi connectivity index (χ0) is 12.3. The maximum Gasteiger partial charge on any atom is 0.212 e. The molecule has 0 spiro atoms. The van der Waals surface area contributed by atoms with Gasteiger partial charge in [-0.25, -0.2) is 4.68 Å². The average molecular weight is 231 g/mol. The van der Waals surface area contributed by atoms with Gasteiger partial charge in [0.25, 0.3) is 0 Å². The number of nitrogens with zero attached hydrogens (tertiary/aromatic N) is 2. The molecule has 0 aliphatic rings. The molecule has 0 amide bonds. The van der Waals surface area contributed by atoms with Crippen LogP contribution in [0.25, 0.3) is 0 Å². The van der Waals surface area contributed by atoms with Crippen LogP contribution in [0.3, 0.4) is 0 Å². The number of ether oxygens (including phenoxy) is 1. The number of aryl methyl sites for hydroxylation is 2. The van der Waals surface area contributed by atoms with Crippen LogP contribution < -0.4 is 10.5 Å². The van der Waals surface area contributed by atoms with Crippen LogP contribution in [0.5, 0.6) is 5.88 Å². The first-order valence-electron chi connectivity index (χ1n) is 5.61. The normalized spacial score (nSPS) is 10.5. The number of aromatic nitrogens is 2. The number of hydrogen-bond acceptors (Lipinski definition) is 3. The summed E-state index contributed by atoms with van der Waals surface area (Å²) < 4.78 is 7.47. The number of rotatable bonds is 4. The molecule has 2 aromatic rings. The second-order valence-electron chi connectivity index (χ2n) is 4.01. The van der Waals surface area contributed by atoms with E-state index in [1.165, 1.54) is 0 Å². The molecule has 4 nitrogen and oxygen atoms in total. The molecule has 0 aliphatic heterocycles. The van der Waals surface area contributed by atoms with Crippen molar-refractivity contribution < 1.29 is 4.74 Å². The van der Waals surface area contributed by atoms with E-state index in [0.29, 0.717) is 13.2 Å². The summed E-state index contributed by atoms with van der Waals surface area (Å²) in [5.74, 6) is 0.773. The molecule has 2 rings (SSSR count). The molecule has 0 saturated heterocycles. The Morgan fingerprint density at radius 1 is 1.29 bits per heavy atom. The highest BCUT2D eigenvalue weighted by molar-refractivity contribution is 5.27. The van der Waals surface area contributed by atoms with Gasteiger partial charge in [0.05, 0.1) is 5.69 Å². The molecular formula is C13H17N3O. The first kappa shape index (κ1) is 11.7. The molecule has 1 aromatic carbocycles. The Labute approximate surface area is 101 Å². The Balaban J connectivity index is 2.09. The van der Waals surface area contributed by atoms with Crippen LogP contribution in [0, 0.1) is 6.92 Å². The van der Waals surface area contributed by atoms with Gasteiger partial charge in [0, 0.05) is 19.7 Å². The maximum absolute atomic E-state index is 5.73. The van der Waals surface area contributed by atoms with Gasteiger partial charge in [-0.1, -0.05) is 24.3 Å². The molecule has 0 saturated carbocycles. The smallest absolute Gasteiger partial charge is 0.212 e. The van der Waals surface area contributed by atoms with Crippen LogP contribution in [0.1, 0.15) is 16.8 Å². The van der Waals surface area contributed by atoms with E-state index in [9.17, 15) is 0 Å². The van der Waals surface area contributed by atoms with Gasteiger partial charge in [-0.2, -0.15) is 5.10 Å². The topological polar surface area (TPSA) is 53.1 Å². The average Bonchev–Trinajstić information content (AvgIpc) is 2.65. The number of nitrogens with two attached hydrogens (primary N) is 1. The van der Waals surface area contributed by atoms with Crippen molar-refractivity contribution in [3.63, 3.8) is 0 Å². The van der Waals surface area contributed by atoms with Gasteiger partial charge in [0.15, 0.2) is 0 Å². The van der Waals surface area contributed by atoms with Crippen molar-refractivity contribution in [3.05, 3.63) is 47.2 Å². The van der Waals surface area contributed by atoms with Gasteiger partial charge in [-0.15, -0.1) is 0 Å². The molecule has 90 valence electrons. The molecule has 2 N–H and O–H groups in total. The van der Waals surface area contributed by atoms with E-state index in [-0.39, 0.29) is 0 Å². The predicted molar refractivity (Wildman–Crippen MR) is 66.6 cm³/mol. The van der Waals surface area contributed by atoms with Gasteiger partial charge in [-0.05, 0) is 18.1 Å². The van der Waals surface area contributed by atoms with E-state index in [1.807, 2.05) is 44.3 Å². The molecular weight excluding hydrogens is 214 g/mol. The molecule has 0 unspecified atom stereocenters. The molecule has 4 heteroatoms. The summed E-state index contributed by atoms with van der Waals surface area (Å²) in [5.41, 5.74) is 8.87. The number of benzene rings is 1. The van der Waals surface area contributed by atoms with Crippen LogP contribution >= 0.6 is 0 Å². The van der Waals surface area contributed by atoms with Crippen molar-refractivity contribution in [1.29, 1.82) is 0 Å². The summed E-state index contributed by atoms with van der Waals surface area (Å²) in [4.78, 5) is 0. The minimum atomic E-state index is 0.520. The summed E-state index contributed by atoms with van der Waals surface area (Å²) in [6.07, 6.45) is 0. The lowest BCUT2D eigenvalue weighted by molar-refractivity contribution is 0.278. The van der Waals surface area contributed by atoms with Crippen molar-refractivity contribution in [3.8, 4) is 5.88 Å². The fourth-order valence-electron chi connectivity index (χ4n) is 1.77. The SMILES string of the molecule is Cc1cc(OCc2ccccc2CN)n(C)n1. The van der Waals surface area contributed by atoms with Crippen molar-refractivity contribution in [2.24, 2.45) is 12.8 Å². The largest absolute Gasteiger partial charge is 0.473 e. The minimum absolute atomic E-state index is 0.520. The first-order chi connectivity index (χ1) is 8.20. The van der Waals surface area contributed by atoms with E-state index >= 15 is 0 Å². The molecule has 0 aliphatic carbocycles. The predicted octanol–water partition coefficient (Wildman–Crippen LogP) is 1.77. The van der Waals surface area contributed by atoms with E-state index in [1.54, 1.807) is 4.68 Å². The van der Waals surface area contributed by atoms with Crippen molar-refractivity contribution in [1.82, 2.24) is 9.78 Å². The lowest BCUT2D eigenvalue weighted by Crippen LogP contribution is -2.06. The first-order valence-corrected chi connectivity index (χ1v) is 5.61. The third kappa shape index (κ3) is 2.65. The van der Waals surface area contributed by atoms with Gasteiger partial charge in [0.1, 0.15) is 6.61 Å². The van der Waals surface area contributed by atoms with Gasteiger partial charge in [0.2, 0.25) is 5.88 Å². The summed E-state index contributed by atoms with van der Waals surface area (Å²) in [6, 6.07) is 9.95. The van der Waals surface area contributed by atoms with Gasteiger partial charge in [-0.3, -0.25) is 0 Å². The van der Waals surface area contributed by atoms with Gasteiger partial charge < -0.3 is 10.5 Å².